The van der Waals surface area contributed by atoms with E-state index in [0.29, 0.717) is 40.9 Å². The first-order valence-electron chi connectivity index (χ1n) is 11.5. The molecule has 1 amide bonds. The number of carboxylic acid groups (broad SMARTS) is 1. The van der Waals surface area contributed by atoms with Crippen LogP contribution >= 0.6 is 0 Å². The number of carboxylic acids is 1. The summed E-state index contributed by atoms with van der Waals surface area (Å²) in [6.07, 6.45) is 4.82. The van der Waals surface area contributed by atoms with E-state index >= 15 is 0 Å². The molecule has 14 heteroatoms. The minimum Gasteiger partial charge on any atom is -0.488 e. The first kappa shape index (κ1) is 28.2. The average Bonchev–Trinajstić information content (AvgIpc) is 2.91. The number of piperidine rings is 1. The molecule has 0 unspecified atom stereocenters. The highest BCUT2D eigenvalue weighted by molar-refractivity contribution is 5.93. The van der Waals surface area contributed by atoms with Crippen molar-refractivity contribution in [1.29, 1.82) is 0 Å². The Morgan fingerprint density at radius 3 is 2.55 bits per heavy atom. The monoisotopic (exact) mass is 534 g/mol. The smallest absolute Gasteiger partial charge is 0.488 e. The minimum atomic E-state index is -5.08. The van der Waals surface area contributed by atoms with Crippen molar-refractivity contribution < 1.29 is 37.3 Å². The molecule has 1 saturated heterocycles. The van der Waals surface area contributed by atoms with E-state index in [1.165, 1.54) is 12.4 Å². The van der Waals surface area contributed by atoms with Crippen LogP contribution in [0.15, 0.2) is 49.2 Å². The first-order chi connectivity index (χ1) is 18.2. The molecule has 11 nitrogen and oxygen atoms in total. The van der Waals surface area contributed by atoms with Gasteiger partial charge in [-0.2, -0.15) is 13.2 Å². The van der Waals surface area contributed by atoms with Crippen LogP contribution in [0.3, 0.4) is 0 Å². The third-order valence-corrected chi connectivity index (χ3v) is 5.01. The standard InChI is InChI=1S/C22H24N6O3.C2HF3O2/c1-2-30-19-6-4-8-25-22(19)31-18-9-15(10-24-14-18)20-26-11-16(12-27-20)21(29)28-17-5-3-7-23-13-17;3-2(4,5)1(6)7/h4,6,8-12,14,17,23H,2-3,5,7,13H2,1H3,(H,28,29);(H,6,7)/t17-;/m1./s1. The zero-order chi connectivity index (χ0) is 27.5. The Bertz CT molecular complexity index is 1220. The molecule has 202 valence electrons. The summed E-state index contributed by atoms with van der Waals surface area (Å²) >= 11 is 0. The summed E-state index contributed by atoms with van der Waals surface area (Å²) in [5, 5.41) is 13.4. The third-order valence-electron chi connectivity index (χ3n) is 5.01. The number of rotatable bonds is 7. The molecule has 0 spiro atoms. The molecule has 3 aromatic heterocycles. The Balaban J connectivity index is 0.000000505. The van der Waals surface area contributed by atoms with Crippen LogP contribution in [0.25, 0.3) is 11.4 Å². The summed E-state index contributed by atoms with van der Waals surface area (Å²) < 4.78 is 43.1. The molecule has 3 aromatic rings. The molecular weight excluding hydrogens is 509 g/mol. The molecule has 38 heavy (non-hydrogen) atoms. The Kier molecular flexibility index (Phi) is 9.87. The molecule has 4 rings (SSSR count). The van der Waals surface area contributed by atoms with Crippen LogP contribution in [0.4, 0.5) is 13.2 Å². The van der Waals surface area contributed by atoms with Crippen molar-refractivity contribution in [2.45, 2.75) is 32.0 Å². The van der Waals surface area contributed by atoms with Gasteiger partial charge in [-0.1, -0.05) is 0 Å². The van der Waals surface area contributed by atoms with E-state index < -0.39 is 12.1 Å². The van der Waals surface area contributed by atoms with Gasteiger partial charge >= 0.3 is 12.1 Å². The van der Waals surface area contributed by atoms with E-state index in [2.05, 4.69) is 30.6 Å². The fourth-order valence-electron chi connectivity index (χ4n) is 3.26. The molecule has 0 radical (unpaired) electrons. The number of hydrogen-bond donors (Lipinski definition) is 3. The number of carbonyl (C=O) groups is 2. The van der Waals surface area contributed by atoms with Crippen molar-refractivity contribution in [3.05, 3.63) is 54.7 Å². The summed E-state index contributed by atoms with van der Waals surface area (Å²) in [5.41, 5.74) is 1.08. The molecule has 1 aliphatic heterocycles. The average molecular weight is 534 g/mol. The molecule has 3 N–H and O–H groups in total. The Hall–Kier alpha value is -4.33. The van der Waals surface area contributed by atoms with E-state index in [-0.39, 0.29) is 11.9 Å². The molecular formula is C24H25F3N6O5. The van der Waals surface area contributed by atoms with Gasteiger partial charge in [0.15, 0.2) is 11.6 Å². The summed E-state index contributed by atoms with van der Waals surface area (Å²) in [4.78, 5) is 38.4. The normalized spacial score (nSPS) is 15.0. The van der Waals surface area contributed by atoms with Crippen LogP contribution in [0.2, 0.25) is 0 Å². The van der Waals surface area contributed by atoms with Gasteiger partial charge in [0.2, 0.25) is 0 Å². The number of nitrogens with zero attached hydrogens (tertiary/aromatic N) is 4. The maximum absolute atomic E-state index is 12.4. The second-order valence-corrected chi connectivity index (χ2v) is 7.87. The third kappa shape index (κ3) is 8.37. The minimum absolute atomic E-state index is 0.132. The lowest BCUT2D eigenvalue weighted by molar-refractivity contribution is -0.192. The summed E-state index contributed by atoms with van der Waals surface area (Å²) in [6.45, 7) is 4.18. The molecule has 0 aliphatic carbocycles. The number of nitrogens with one attached hydrogen (secondary N) is 2. The van der Waals surface area contributed by atoms with E-state index in [4.69, 9.17) is 19.4 Å². The SMILES string of the molecule is CCOc1cccnc1Oc1cncc(-c2ncc(C(=O)N[C@@H]3CCCNC3)cn2)c1.O=C(O)C(F)(F)F. The van der Waals surface area contributed by atoms with E-state index in [1.54, 1.807) is 36.8 Å². The highest BCUT2D eigenvalue weighted by atomic mass is 19.4. The van der Waals surface area contributed by atoms with Gasteiger partial charge in [0.1, 0.15) is 5.75 Å². The fourth-order valence-corrected chi connectivity index (χ4v) is 3.26. The maximum Gasteiger partial charge on any atom is 0.490 e. The van der Waals surface area contributed by atoms with E-state index in [9.17, 15) is 18.0 Å². The van der Waals surface area contributed by atoms with Crippen LogP contribution in [-0.4, -0.2) is 68.8 Å². The van der Waals surface area contributed by atoms with Gasteiger partial charge in [-0.25, -0.2) is 19.7 Å². The van der Waals surface area contributed by atoms with Crippen LogP contribution in [0.5, 0.6) is 17.4 Å². The number of aliphatic carboxylic acids is 1. The zero-order valence-corrected chi connectivity index (χ0v) is 20.2. The predicted molar refractivity (Wildman–Crippen MR) is 128 cm³/mol. The largest absolute Gasteiger partial charge is 0.490 e. The highest BCUT2D eigenvalue weighted by Gasteiger charge is 2.38. The lowest BCUT2D eigenvalue weighted by atomic mass is 10.1. The van der Waals surface area contributed by atoms with Gasteiger partial charge in [0.25, 0.3) is 11.8 Å². The van der Waals surface area contributed by atoms with Crippen LogP contribution in [0.1, 0.15) is 30.1 Å². The van der Waals surface area contributed by atoms with Gasteiger partial charge in [-0.15, -0.1) is 0 Å². The van der Waals surface area contributed by atoms with Crippen molar-refractivity contribution in [3.63, 3.8) is 0 Å². The Morgan fingerprint density at radius 1 is 1.18 bits per heavy atom. The molecule has 0 aromatic carbocycles. The summed E-state index contributed by atoms with van der Waals surface area (Å²) in [6, 6.07) is 5.47. The van der Waals surface area contributed by atoms with Crippen LogP contribution in [0, 0.1) is 0 Å². The molecule has 1 atom stereocenters. The number of hydrogen-bond acceptors (Lipinski definition) is 9. The predicted octanol–water partition coefficient (Wildman–Crippen LogP) is 3.24. The molecule has 0 saturated carbocycles. The van der Waals surface area contributed by atoms with Crippen molar-refractivity contribution in [2.24, 2.45) is 0 Å². The number of halogens is 3. The first-order valence-corrected chi connectivity index (χ1v) is 11.5. The van der Waals surface area contributed by atoms with Gasteiger partial charge in [0, 0.05) is 42.9 Å². The molecule has 1 fully saturated rings. The van der Waals surface area contributed by atoms with Crippen molar-refractivity contribution >= 4 is 11.9 Å². The number of ether oxygens (including phenoxy) is 2. The van der Waals surface area contributed by atoms with Crippen LogP contribution in [-0.2, 0) is 4.79 Å². The zero-order valence-electron chi connectivity index (χ0n) is 20.2. The lowest BCUT2D eigenvalue weighted by Gasteiger charge is -2.23. The van der Waals surface area contributed by atoms with Gasteiger partial charge < -0.3 is 25.2 Å². The number of aromatic nitrogens is 4. The number of alkyl halides is 3. The Morgan fingerprint density at radius 2 is 1.92 bits per heavy atom. The van der Waals surface area contributed by atoms with Crippen molar-refractivity contribution in [1.82, 2.24) is 30.6 Å². The van der Waals surface area contributed by atoms with E-state index in [0.717, 1.165) is 25.9 Å². The molecule has 1 aliphatic rings. The quantitative estimate of drug-likeness (QED) is 0.412. The number of amides is 1. The topological polar surface area (TPSA) is 148 Å². The summed E-state index contributed by atoms with van der Waals surface area (Å²) in [5.74, 6) is -1.10. The second kappa shape index (κ2) is 13.3. The number of carbonyl (C=O) groups excluding carboxylic acids is 1. The van der Waals surface area contributed by atoms with E-state index in [1.807, 2.05) is 6.92 Å². The molecule has 4 heterocycles. The van der Waals surface area contributed by atoms with Gasteiger partial charge in [-0.05, 0) is 44.5 Å². The molecule has 0 bridgehead atoms. The lowest BCUT2D eigenvalue weighted by Crippen LogP contribution is -2.45. The second-order valence-electron chi connectivity index (χ2n) is 7.87. The Labute approximate surface area is 215 Å². The van der Waals surface area contributed by atoms with Crippen LogP contribution < -0.4 is 20.1 Å². The number of pyridine rings is 2. The van der Waals surface area contributed by atoms with Gasteiger partial charge in [-0.3, -0.25) is 9.78 Å². The fraction of sp³-hybridized carbons (Fsp3) is 0.333. The maximum atomic E-state index is 12.4. The van der Waals surface area contributed by atoms with Crippen molar-refractivity contribution in [2.75, 3.05) is 19.7 Å². The summed E-state index contributed by atoms with van der Waals surface area (Å²) in [7, 11) is 0. The highest BCUT2D eigenvalue weighted by Crippen LogP contribution is 2.30. The van der Waals surface area contributed by atoms with Gasteiger partial charge in [0.05, 0.1) is 18.4 Å². The van der Waals surface area contributed by atoms with Crippen molar-refractivity contribution in [3.8, 4) is 28.8 Å².